The second kappa shape index (κ2) is 16.3. The molecule has 4 amide bonds. The van der Waals surface area contributed by atoms with Gasteiger partial charge in [0.2, 0.25) is 11.8 Å². The zero-order valence-corrected chi connectivity index (χ0v) is 23.7. The van der Waals surface area contributed by atoms with Gasteiger partial charge in [-0.05, 0) is 33.8 Å². The van der Waals surface area contributed by atoms with Crippen molar-refractivity contribution in [2.24, 2.45) is 10.2 Å². The van der Waals surface area contributed by atoms with E-state index in [1.807, 2.05) is 60.7 Å². The molecule has 3 rings (SSSR count). The molecule has 0 heterocycles. The van der Waals surface area contributed by atoms with E-state index in [-0.39, 0.29) is 30.1 Å². The van der Waals surface area contributed by atoms with Crippen LogP contribution < -0.4 is 26.9 Å². The molecule has 222 valence electrons. The zero-order valence-electron chi connectivity index (χ0n) is 23.7. The van der Waals surface area contributed by atoms with Crippen LogP contribution in [-0.2, 0) is 32.0 Å². The summed E-state index contributed by atoms with van der Waals surface area (Å²) < 4.78 is 0. The van der Waals surface area contributed by atoms with Crippen LogP contribution in [0, 0.1) is 0 Å². The maximum Gasteiger partial charge on any atom is 0.488 e. The van der Waals surface area contributed by atoms with Gasteiger partial charge in [0.25, 0.3) is 11.8 Å². The van der Waals surface area contributed by atoms with Crippen molar-refractivity contribution in [2.75, 3.05) is 0 Å². The number of hydrazone groups is 2. The maximum atomic E-state index is 12.8. The number of carbonyl (C=O) groups is 4. The summed E-state index contributed by atoms with van der Waals surface area (Å²) >= 11 is 0. The number of rotatable bonds is 13. The van der Waals surface area contributed by atoms with E-state index in [1.165, 1.54) is 38.4 Å². The second-order valence-corrected chi connectivity index (χ2v) is 9.66. The highest BCUT2D eigenvalue weighted by Crippen LogP contribution is 2.06. The summed E-state index contributed by atoms with van der Waals surface area (Å²) in [4.78, 5) is 48.8. The number of hydrogen-bond donors (Lipinski definition) is 6. The SMILES string of the molecule is CC(=O)NC(Cc1ccccc1)C(=O)N/N=C/c1cc(/C=N/NC(=O)C(Cc2ccccc2)NC(C)=O)cc(B(O)O)c1. The van der Waals surface area contributed by atoms with E-state index in [9.17, 15) is 29.2 Å². The molecule has 0 spiro atoms. The smallest absolute Gasteiger partial charge is 0.423 e. The van der Waals surface area contributed by atoms with E-state index in [0.29, 0.717) is 11.1 Å². The lowest BCUT2D eigenvalue weighted by Crippen LogP contribution is -2.46. The van der Waals surface area contributed by atoms with Crippen LogP contribution in [0.25, 0.3) is 0 Å². The van der Waals surface area contributed by atoms with Gasteiger partial charge in [0.1, 0.15) is 12.1 Å². The predicted molar refractivity (Wildman–Crippen MR) is 163 cm³/mol. The molecule has 0 radical (unpaired) electrons. The van der Waals surface area contributed by atoms with E-state index in [1.54, 1.807) is 6.07 Å². The van der Waals surface area contributed by atoms with Crippen molar-refractivity contribution in [1.29, 1.82) is 0 Å². The highest BCUT2D eigenvalue weighted by Gasteiger charge is 2.21. The first-order valence-electron chi connectivity index (χ1n) is 13.4. The van der Waals surface area contributed by atoms with Crippen molar-refractivity contribution in [2.45, 2.75) is 38.8 Å². The van der Waals surface area contributed by atoms with Crippen molar-refractivity contribution in [3.63, 3.8) is 0 Å². The van der Waals surface area contributed by atoms with Crippen LogP contribution in [0.2, 0.25) is 0 Å². The van der Waals surface area contributed by atoms with Crippen LogP contribution in [-0.4, -0.2) is 65.3 Å². The highest BCUT2D eigenvalue weighted by atomic mass is 16.4. The first-order chi connectivity index (χ1) is 20.6. The van der Waals surface area contributed by atoms with Crippen LogP contribution >= 0.6 is 0 Å². The quantitative estimate of drug-likeness (QED) is 0.0916. The topological polar surface area (TPSA) is 182 Å². The molecule has 13 heteroatoms. The van der Waals surface area contributed by atoms with Crippen LogP contribution in [0.5, 0.6) is 0 Å². The summed E-state index contributed by atoms with van der Waals surface area (Å²) in [6.07, 6.45) is 3.10. The minimum absolute atomic E-state index is 0.114. The molecule has 0 aromatic heterocycles. The monoisotopic (exact) mass is 584 g/mol. The summed E-state index contributed by atoms with van der Waals surface area (Å²) in [6.45, 7) is 2.63. The third-order valence-corrected chi connectivity index (χ3v) is 6.03. The van der Waals surface area contributed by atoms with Gasteiger partial charge < -0.3 is 20.7 Å². The predicted octanol–water partition coefficient (Wildman–Crippen LogP) is -0.239. The van der Waals surface area contributed by atoms with Gasteiger partial charge in [-0.1, -0.05) is 72.8 Å². The van der Waals surface area contributed by atoms with Crippen LogP contribution in [0.3, 0.4) is 0 Å². The van der Waals surface area contributed by atoms with Gasteiger partial charge in [-0.2, -0.15) is 10.2 Å². The Balaban J connectivity index is 1.69. The Labute approximate surface area is 249 Å². The molecular formula is C30H33BN6O6. The summed E-state index contributed by atoms with van der Waals surface area (Å²) in [5, 5.41) is 32.6. The number of amides is 4. The molecule has 0 saturated carbocycles. The lowest BCUT2D eigenvalue weighted by atomic mass is 9.79. The standard InChI is InChI=1S/C30H33BN6O6/c1-20(38)34-27(16-22-9-5-3-6-10-22)29(40)36-32-18-24-13-25(15-26(14-24)31(42)43)19-33-37-30(41)28(35-21(2)39)17-23-11-7-4-8-12-23/h3-15,18-19,27-28,42-43H,16-17H2,1-2H3,(H,34,38)(H,35,39)(H,36,40)(H,37,41)/b32-18+,33-19+. The minimum Gasteiger partial charge on any atom is -0.423 e. The third-order valence-electron chi connectivity index (χ3n) is 6.03. The number of nitrogens with zero attached hydrogens (tertiary/aromatic N) is 2. The molecule has 0 bridgehead atoms. The second-order valence-electron chi connectivity index (χ2n) is 9.66. The molecule has 3 aromatic carbocycles. The van der Waals surface area contributed by atoms with E-state index < -0.39 is 31.0 Å². The first-order valence-corrected chi connectivity index (χ1v) is 13.4. The van der Waals surface area contributed by atoms with Gasteiger partial charge >= 0.3 is 7.12 Å². The molecule has 0 saturated heterocycles. The molecule has 6 N–H and O–H groups in total. The fourth-order valence-corrected chi connectivity index (χ4v) is 4.11. The Bertz CT molecular complexity index is 1360. The van der Waals surface area contributed by atoms with E-state index in [4.69, 9.17) is 0 Å². The Kier molecular flexibility index (Phi) is 12.3. The normalized spacial score (nSPS) is 12.4. The minimum atomic E-state index is -1.81. The van der Waals surface area contributed by atoms with E-state index in [2.05, 4.69) is 31.7 Å². The lowest BCUT2D eigenvalue weighted by molar-refractivity contribution is -0.128. The molecule has 2 atom stereocenters. The number of nitrogens with one attached hydrogen (secondary N) is 4. The number of hydrogen-bond acceptors (Lipinski definition) is 8. The summed E-state index contributed by atoms with van der Waals surface area (Å²) in [5.41, 5.74) is 7.38. The molecule has 3 aromatic rings. The molecule has 0 fully saturated rings. The Morgan fingerprint density at radius 3 is 1.44 bits per heavy atom. The molecular weight excluding hydrogens is 551 g/mol. The van der Waals surface area contributed by atoms with Gasteiger partial charge in [-0.15, -0.1) is 0 Å². The molecule has 43 heavy (non-hydrogen) atoms. The Morgan fingerprint density at radius 1 is 0.698 bits per heavy atom. The summed E-state index contributed by atoms with van der Waals surface area (Å²) in [7, 11) is -1.81. The lowest BCUT2D eigenvalue weighted by Gasteiger charge is -2.16. The van der Waals surface area contributed by atoms with Crippen molar-refractivity contribution in [3.8, 4) is 0 Å². The Hall–Kier alpha value is -5.14. The van der Waals surface area contributed by atoms with Crippen LogP contribution in [0.15, 0.2) is 89.1 Å². The number of carbonyl (C=O) groups excluding carboxylic acids is 4. The first kappa shape index (κ1) is 32.4. The van der Waals surface area contributed by atoms with Crippen molar-refractivity contribution in [1.82, 2.24) is 21.5 Å². The van der Waals surface area contributed by atoms with Crippen molar-refractivity contribution in [3.05, 3.63) is 101 Å². The summed E-state index contributed by atoms with van der Waals surface area (Å²) in [5.74, 6) is -1.82. The fraction of sp³-hybridized carbons (Fsp3) is 0.200. The van der Waals surface area contributed by atoms with E-state index >= 15 is 0 Å². The van der Waals surface area contributed by atoms with Gasteiger partial charge in [0, 0.05) is 26.7 Å². The fourth-order valence-electron chi connectivity index (χ4n) is 4.11. The maximum absolute atomic E-state index is 12.8. The average Bonchev–Trinajstić information content (AvgIpc) is 2.97. The third kappa shape index (κ3) is 11.3. The molecule has 12 nitrogen and oxygen atoms in total. The van der Waals surface area contributed by atoms with E-state index in [0.717, 1.165) is 11.1 Å². The number of benzene rings is 3. The van der Waals surface area contributed by atoms with Gasteiger partial charge in [0.15, 0.2) is 0 Å². The molecule has 0 aliphatic heterocycles. The largest absolute Gasteiger partial charge is 0.488 e. The van der Waals surface area contributed by atoms with Crippen molar-refractivity contribution >= 4 is 48.6 Å². The average molecular weight is 584 g/mol. The highest BCUT2D eigenvalue weighted by molar-refractivity contribution is 6.58. The van der Waals surface area contributed by atoms with Crippen LogP contribution in [0.4, 0.5) is 0 Å². The van der Waals surface area contributed by atoms with Gasteiger partial charge in [0.05, 0.1) is 12.4 Å². The van der Waals surface area contributed by atoms with Crippen LogP contribution in [0.1, 0.15) is 36.1 Å². The zero-order chi connectivity index (χ0) is 31.2. The molecule has 0 aliphatic carbocycles. The van der Waals surface area contributed by atoms with Gasteiger partial charge in [-0.3, -0.25) is 19.2 Å². The Morgan fingerprint density at radius 2 is 1.09 bits per heavy atom. The molecule has 2 unspecified atom stereocenters. The summed E-state index contributed by atoms with van der Waals surface area (Å²) in [6, 6.07) is 21.1. The van der Waals surface area contributed by atoms with Crippen molar-refractivity contribution < 1.29 is 29.2 Å². The molecule has 0 aliphatic rings. The van der Waals surface area contributed by atoms with Gasteiger partial charge in [-0.25, -0.2) is 10.9 Å².